The van der Waals surface area contributed by atoms with E-state index in [-0.39, 0.29) is 17.4 Å². The van der Waals surface area contributed by atoms with Crippen LogP contribution < -0.4 is 4.72 Å². The van der Waals surface area contributed by atoms with Gasteiger partial charge in [0.05, 0.1) is 4.88 Å². The molecular formula is C13H10N2O3S3. The van der Waals surface area contributed by atoms with Crippen LogP contribution in [0.15, 0.2) is 28.5 Å². The summed E-state index contributed by atoms with van der Waals surface area (Å²) in [6.45, 7) is -0.0486. The van der Waals surface area contributed by atoms with E-state index in [2.05, 4.69) is 16.6 Å². The third-order valence-corrected chi connectivity index (χ3v) is 6.23. The third kappa shape index (κ3) is 4.14. The second-order valence-electron chi connectivity index (χ2n) is 3.78. The molecule has 0 aliphatic rings. The molecule has 0 saturated carbocycles. The van der Waals surface area contributed by atoms with Crippen molar-refractivity contribution < 1.29 is 13.5 Å². The Labute approximate surface area is 130 Å². The van der Waals surface area contributed by atoms with Gasteiger partial charge in [-0.15, -0.1) is 22.7 Å². The monoisotopic (exact) mass is 338 g/mol. The van der Waals surface area contributed by atoms with Crippen LogP contribution in [0.25, 0.3) is 0 Å². The minimum absolute atomic E-state index is 0.121. The number of thiophene rings is 2. The molecule has 0 unspecified atom stereocenters. The van der Waals surface area contributed by atoms with Crippen molar-refractivity contribution >= 4 is 32.7 Å². The smallest absolute Gasteiger partial charge is 0.250 e. The zero-order valence-electron chi connectivity index (χ0n) is 10.7. The van der Waals surface area contributed by atoms with Crippen molar-refractivity contribution in [3.63, 3.8) is 0 Å². The molecule has 0 amide bonds. The number of nitriles is 1. The van der Waals surface area contributed by atoms with Gasteiger partial charge in [-0.25, -0.2) is 13.1 Å². The first-order chi connectivity index (χ1) is 10.0. The topological polar surface area (TPSA) is 90.2 Å². The van der Waals surface area contributed by atoms with Crippen molar-refractivity contribution in [2.24, 2.45) is 0 Å². The molecule has 5 nitrogen and oxygen atoms in total. The van der Waals surface area contributed by atoms with Crippen LogP contribution in [0, 0.1) is 23.2 Å². The Morgan fingerprint density at radius 3 is 2.62 bits per heavy atom. The van der Waals surface area contributed by atoms with Crippen LogP contribution in [0.1, 0.15) is 14.6 Å². The van der Waals surface area contributed by atoms with Crippen molar-refractivity contribution in [2.45, 2.75) is 10.8 Å². The van der Waals surface area contributed by atoms with Gasteiger partial charge in [-0.2, -0.15) is 5.26 Å². The Morgan fingerprint density at radius 2 is 1.95 bits per heavy atom. The standard InChI is InChI=1S/C13H10N2O3S3/c14-8-11-5-6-13(20-11)21(17,18)15-9-12-4-3-10(19-12)2-1-7-16/h3-6,15-16H,7,9H2. The van der Waals surface area contributed by atoms with Crippen LogP contribution in [0.5, 0.6) is 0 Å². The second-order valence-corrected chi connectivity index (χ2v) is 8.03. The zero-order valence-corrected chi connectivity index (χ0v) is 13.1. The van der Waals surface area contributed by atoms with E-state index >= 15 is 0 Å². The molecule has 8 heteroatoms. The lowest BCUT2D eigenvalue weighted by Gasteiger charge is -2.02. The van der Waals surface area contributed by atoms with Gasteiger partial charge in [-0.1, -0.05) is 11.8 Å². The maximum Gasteiger partial charge on any atom is 0.250 e. The minimum atomic E-state index is -3.61. The summed E-state index contributed by atoms with van der Waals surface area (Å²) in [4.78, 5) is 1.94. The minimum Gasteiger partial charge on any atom is -0.384 e. The van der Waals surface area contributed by atoms with Gasteiger partial charge in [0.2, 0.25) is 10.0 Å². The fourth-order valence-electron chi connectivity index (χ4n) is 1.43. The van der Waals surface area contributed by atoms with Crippen LogP contribution in [0.4, 0.5) is 0 Å². The first-order valence-electron chi connectivity index (χ1n) is 5.73. The number of sulfonamides is 1. The van der Waals surface area contributed by atoms with Crippen molar-refractivity contribution in [2.75, 3.05) is 6.61 Å². The molecular weight excluding hydrogens is 328 g/mol. The molecule has 21 heavy (non-hydrogen) atoms. The number of aliphatic hydroxyl groups excluding tert-OH is 1. The largest absolute Gasteiger partial charge is 0.384 e. The Balaban J connectivity index is 2.05. The summed E-state index contributed by atoms with van der Waals surface area (Å²) in [5.74, 6) is 5.30. The Kier molecular flexibility index (Phi) is 5.12. The van der Waals surface area contributed by atoms with E-state index in [0.29, 0.717) is 4.88 Å². The predicted molar refractivity (Wildman–Crippen MR) is 81.3 cm³/mol. The molecule has 2 heterocycles. The fourth-order valence-corrected chi connectivity index (χ4v) is 4.50. The van der Waals surface area contributed by atoms with E-state index in [9.17, 15) is 8.42 Å². The van der Waals surface area contributed by atoms with Crippen molar-refractivity contribution in [3.05, 3.63) is 38.9 Å². The summed E-state index contributed by atoms with van der Waals surface area (Å²) >= 11 is 2.29. The molecule has 0 atom stereocenters. The van der Waals surface area contributed by atoms with E-state index in [1.807, 2.05) is 6.07 Å². The summed E-state index contributed by atoms with van der Waals surface area (Å²) in [6.07, 6.45) is 0. The highest BCUT2D eigenvalue weighted by atomic mass is 32.2. The first-order valence-corrected chi connectivity index (χ1v) is 8.85. The summed E-state index contributed by atoms with van der Waals surface area (Å²) in [6, 6.07) is 8.36. The quantitative estimate of drug-likeness (QED) is 0.827. The molecule has 2 aromatic rings. The molecule has 2 rings (SSSR count). The number of nitrogens with one attached hydrogen (secondary N) is 1. The molecule has 0 spiro atoms. The van der Waals surface area contributed by atoms with Gasteiger partial charge in [0.15, 0.2) is 0 Å². The molecule has 0 aliphatic carbocycles. The molecule has 108 valence electrons. The molecule has 0 fully saturated rings. The van der Waals surface area contributed by atoms with Crippen LogP contribution in [-0.2, 0) is 16.6 Å². The second kappa shape index (κ2) is 6.85. The molecule has 0 aromatic carbocycles. The van der Waals surface area contributed by atoms with Crippen LogP contribution in [0.2, 0.25) is 0 Å². The Bertz CT molecular complexity index is 832. The van der Waals surface area contributed by atoms with Crippen molar-refractivity contribution in [3.8, 4) is 17.9 Å². The highest BCUT2D eigenvalue weighted by molar-refractivity contribution is 7.91. The van der Waals surface area contributed by atoms with Gasteiger partial charge in [0.25, 0.3) is 0 Å². The predicted octanol–water partition coefficient (Wildman–Crippen LogP) is 1.50. The average Bonchev–Trinajstić information content (AvgIpc) is 3.12. The van der Waals surface area contributed by atoms with Gasteiger partial charge in [-0.3, -0.25) is 0 Å². The number of hydrogen-bond donors (Lipinski definition) is 2. The molecule has 2 N–H and O–H groups in total. The van der Waals surface area contributed by atoms with Gasteiger partial charge in [0, 0.05) is 11.4 Å². The average molecular weight is 338 g/mol. The maximum absolute atomic E-state index is 12.0. The Hall–Kier alpha value is -1.68. The lowest BCUT2D eigenvalue weighted by Crippen LogP contribution is -2.21. The van der Waals surface area contributed by atoms with E-state index in [1.165, 1.54) is 23.5 Å². The van der Waals surface area contributed by atoms with E-state index in [1.54, 1.807) is 12.1 Å². The van der Waals surface area contributed by atoms with Gasteiger partial charge >= 0.3 is 0 Å². The van der Waals surface area contributed by atoms with Crippen LogP contribution in [0.3, 0.4) is 0 Å². The zero-order chi connectivity index (χ0) is 15.3. The molecule has 2 aromatic heterocycles. The fraction of sp³-hybridized carbons (Fsp3) is 0.154. The van der Waals surface area contributed by atoms with E-state index < -0.39 is 10.0 Å². The van der Waals surface area contributed by atoms with Crippen LogP contribution >= 0.6 is 22.7 Å². The van der Waals surface area contributed by atoms with Crippen LogP contribution in [-0.4, -0.2) is 20.1 Å². The normalized spacial score (nSPS) is 10.7. The molecule has 0 saturated heterocycles. The number of nitrogens with zero attached hydrogens (tertiary/aromatic N) is 1. The van der Waals surface area contributed by atoms with Crippen molar-refractivity contribution in [1.82, 2.24) is 4.72 Å². The third-order valence-electron chi connectivity index (χ3n) is 2.35. The highest BCUT2D eigenvalue weighted by Crippen LogP contribution is 2.21. The lowest BCUT2D eigenvalue weighted by atomic mass is 10.4. The van der Waals surface area contributed by atoms with Gasteiger partial charge < -0.3 is 5.11 Å². The molecule has 0 aliphatic heterocycles. The first kappa shape index (κ1) is 15.7. The lowest BCUT2D eigenvalue weighted by molar-refractivity contribution is 0.350. The molecule has 0 bridgehead atoms. The number of aliphatic hydroxyl groups is 1. The van der Waals surface area contributed by atoms with Gasteiger partial charge in [-0.05, 0) is 24.3 Å². The summed E-state index contributed by atoms with van der Waals surface area (Å²) in [7, 11) is -3.61. The van der Waals surface area contributed by atoms with Crippen molar-refractivity contribution in [1.29, 1.82) is 5.26 Å². The summed E-state index contributed by atoms with van der Waals surface area (Å²) in [5.41, 5.74) is 0. The number of rotatable bonds is 4. The van der Waals surface area contributed by atoms with E-state index in [0.717, 1.165) is 21.1 Å². The van der Waals surface area contributed by atoms with E-state index in [4.69, 9.17) is 10.4 Å². The maximum atomic E-state index is 12.0. The Morgan fingerprint density at radius 1 is 1.19 bits per heavy atom. The summed E-state index contributed by atoms with van der Waals surface area (Å²) < 4.78 is 26.7. The summed E-state index contributed by atoms with van der Waals surface area (Å²) in [5, 5.41) is 17.3. The SMILES string of the molecule is N#Cc1ccc(S(=O)(=O)NCc2ccc(C#CCO)s2)s1. The van der Waals surface area contributed by atoms with Gasteiger partial charge in [0.1, 0.15) is 21.8 Å². The number of hydrogen-bond acceptors (Lipinski definition) is 6. The highest BCUT2D eigenvalue weighted by Gasteiger charge is 2.16. The molecule has 0 radical (unpaired) electrons.